The minimum absolute atomic E-state index is 0.304. The van der Waals surface area contributed by atoms with Gasteiger partial charge in [0.1, 0.15) is 5.82 Å². The lowest BCUT2D eigenvalue weighted by atomic mass is 10.1. The Morgan fingerprint density at radius 2 is 2.00 bits per heavy atom. The Kier molecular flexibility index (Phi) is 3.46. The molecule has 0 aliphatic carbocycles. The molecule has 1 aromatic carbocycles. The normalized spacial score (nSPS) is 22.6. The first-order valence-electron chi connectivity index (χ1n) is 5.28. The monoisotopic (exact) mass is 259 g/mol. The van der Waals surface area contributed by atoms with E-state index in [0.29, 0.717) is 19.8 Å². The van der Waals surface area contributed by atoms with E-state index in [9.17, 15) is 12.8 Å². The lowest BCUT2D eigenvalue weighted by Crippen LogP contribution is -2.42. The van der Waals surface area contributed by atoms with Gasteiger partial charge in [-0.3, -0.25) is 0 Å². The Morgan fingerprint density at radius 3 is 2.59 bits per heavy atom. The number of morpholine rings is 1. The summed E-state index contributed by atoms with van der Waals surface area (Å²) in [5.74, 6) is -0.337. The summed E-state index contributed by atoms with van der Waals surface area (Å²) < 4.78 is 42.8. The maximum absolute atomic E-state index is 12.8. The van der Waals surface area contributed by atoms with E-state index in [4.69, 9.17) is 4.74 Å². The molecular formula is C11H14FNO3S. The third-order valence-electron chi connectivity index (χ3n) is 2.76. The van der Waals surface area contributed by atoms with Crippen molar-refractivity contribution in [1.82, 2.24) is 4.31 Å². The number of hydrogen-bond donors (Lipinski definition) is 0. The van der Waals surface area contributed by atoms with Crippen LogP contribution in [-0.2, 0) is 14.8 Å². The summed E-state index contributed by atoms with van der Waals surface area (Å²) in [7, 11) is -3.27. The fourth-order valence-corrected chi connectivity index (χ4v) is 2.98. The number of sulfonamides is 1. The van der Waals surface area contributed by atoms with Crippen molar-refractivity contribution in [1.29, 1.82) is 0 Å². The molecule has 4 nitrogen and oxygen atoms in total. The molecule has 94 valence electrons. The Hall–Kier alpha value is -0.980. The molecule has 1 aliphatic rings. The van der Waals surface area contributed by atoms with E-state index in [1.54, 1.807) is 12.1 Å². The van der Waals surface area contributed by atoms with E-state index in [-0.39, 0.29) is 11.9 Å². The number of ether oxygens (including phenoxy) is 1. The van der Waals surface area contributed by atoms with Crippen LogP contribution in [0.25, 0.3) is 0 Å². The smallest absolute Gasteiger partial charge is 0.211 e. The van der Waals surface area contributed by atoms with Crippen LogP contribution in [0.15, 0.2) is 24.3 Å². The molecule has 1 saturated heterocycles. The highest BCUT2D eigenvalue weighted by atomic mass is 32.2. The molecule has 2 rings (SSSR count). The number of rotatable bonds is 2. The van der Waals surface area contributed by atoms with Crippen LogP contribution in [0.4, 0.5) is 4.39 Å². The molecule has 0 aromatic heterocycles. The van der Waals surface area contributed by atoms with Crippen molar-refractivity contribution in [3.05, 3.63) is 35.6 Å². The summed E-state index contributed by atoms with van der Waals surface area (Å²) in [5, 5.41) is 0. The van der Waals surface area contributed by atoms with Gasteiger partial charge < -0.3 is 4.74 Å². The van der Waals surface area contributed by atoms with Gasteiger partial charge in [-0.25, -0.2) is 12.8 Å². The topological polar surface area (TPSA) is 46.6 Å². The Morgan fingerprint density at radius 1 is 1.35 bits per heavy atom. The first-order valence-corrected chi connectivity index (χ1v) is 7.13. The van der Waals surface area contributed by atoms with Gasteiger partial charge in [0.2, 0.25) is 10.0 Å². The highest BCUT2D eigenvalue weighted by molar-refractivity contribution is 7.88. The maximum atomic E-state index is 12.8. The van der Waals surface area contributed by atoms with E-state index in [0.717, 1.165) is 5.56 Å². The van der Waals surface area contributed by atoms with Crippen molar-refractivity contribution in [2.75, 3.05) is 26.0 Å². The predicted octanol–water partition coefficient (Wildman–Crippen LogP) is 1.16. The summed E-state index contributed by atoms with van der Waals surface area (Å²) in [5.41, 5.74) is 0.747. The number of hydrogen-bond acceptors (Lipinski definition) is 3. The van der Waals surface area contributed by atoms with Crippen LogP contribution in [0.3, 0.4) is 0 Å². The summed E-state index contributed by atoms with van der Waals surface area (Å²) in [6.07, 6.45) is 1.18. The van der Waals surface area contributed by atoms with Gasteiger partial charge in [0.15, 0.2) is 0 Å². The maximum Gasteiger partial charge on any atom is 0.211 e. The summed E-state index contributed by atoms with van der Waals surface area (Å²) >= 11 is 0. The molecule has 1 unspecified atom stereocenters. The van der Waals surface area contributed by atoms with Gasteiger partial charge in [-0.1, -0.05) is 12.1 Å². The van der Waals surface area contributed by atoms with Crippen molar-refractivity contribution >= 4 is 10.0 Å². The van der Waals surface area contributed by atoms with Crippen LogP contribution in [0.5, 0.6) is 0 Å². The summed E-state index contributed by atoms with van der Waals surface area (Å²) in [4.78, 5) is 0. The molecule has 1 aromatic rings. The van der Waals surface area contributed by atoms with E-state index >= 15 is 0 Å². The van der Waals surface area contributed by atoms with Crippen molar-refractivity contribution in [3.63, 3.8) is 0 Å². The molecule has 1 aliphatic heterocycles. The molecule has 0 saturated carbocycles. The van der Waals surface area contributed by atoms with Crippen molar-refractivity contribution in [2.45, 2.75) is 6.04 Å². The van der Waals surface area contributed by atoms with Crippen LogP contribution in [0, 0.1) is 5.82 Å². The Labute approximate surface area is 100 Å². The first-order chi connectivity index (χ1) is 7.98. The third kappa shape index (κ3) is 2.83. The molecule has 17 heavy (non-hydrogen) atoms. The number of benzene rings is 1. The van der Waals surface area contributed by atoms with E-state index in [1.165, 1.54) is 22.7 Å². The molecule has 0 bridgehead atoms. The molecule has 0 spiro atoms. The fourth-order valence-electron chi connectivity index (χ4n) is 1.93. The van der Waals surface area contributed by atoms with Crippen molar-refractivity contribution < 1.29 is 17.5 Å². The third-order valence-corrected chi connectivity index (χ3v) is 4.05. The van der Waals surface area contributed by atoms with E-state index < -0.39 is 10.0 Å². The van der Waals surface area contributed by atoms with Gasteiger partial charge in [0, 0.05) is 6.54 Å². The molecule has 6 heteroatoms. The zero-order valence-corrected chi connectivity index (χ0v) is 10.3. The van der Waals surface area contributed by atoms with Gasteiger partial charge in [-0.05, 0) is 17.7 Å². The quantitative estimate of drug-likeness (QED) is 0.800. The first kappa shape index (κ1) is 12.5. The molecule has 0 radical (unpaired) electrons. The lowest BCUT2D eigenvalue weighted by Gasteiger charge is -2.33. The second kappa shape index (κ2) is 4.72. The zero-order chi connectivity index (χ0) is 12.5. The van der Waals surface area contributed by atoms with Gasteiger partial charge in [-0.2, -0.15) is 4.31 Å². The lowest BCUT2D eigenvalue weighted by molar-refractivity contribution is 0.0324. The molecule has 1 atom stereocenters. The standard InChI is InChI=1S/C11H14FNO3S/c1-17(14,15)13-6-7-16-8-11(13)9-2-4-10(12)5-3-9/h2-5,11H,6-8H2,1H3. The van der Waals surface area contributed by atoms with Crippen LogP contribution < -0.4 is 0 Å². The second-order valence-electron chi connectivity index (χ2n) is 4.02. The second-order valence-corrected chi connectivity index (χ2v) is 5.95. The largest absolute Gasteiger partial charge is 0.378 e. The average molecular weight is 259 g/mol. The Bertz CT molecular complexity index is 486. The van der Waals surface area contributed by atoms with Crippen LogP contribution >= 0.6 is 0 Å². The highest BCUT2D eigenvalue weighted by Gasteiger charge is 2.30. The minimum atomic E-state index is -3.27. The number of nitrogens with zero attached hydrogens (tertiary/aromatic N) is 1. The number of halogens is 1. The molecule has 1 fully saturated rings. The van der Waals surface area contributed by atoms with E-state index in [1.807, 2.05) is 0 Å². The fraction of sp³-hybridized carbons (Fsp3) is 0.455. The minimum Gasteiger partial charge on any atom is -0.378 e. The van der Waals surface area contributed by atoms with Gasteiger partial charge in [-0.15, -0.1) is 0 Å². The SMILES string of the molecule is CS(=O)(=O)N1CCOCC1c1ccc(F)cc1. The van der Waals surface area contributed by atoms with Crippen LogP contribution in [0.1, 0.15) is 11.6 Å². The average Bonchev–Trinajstić information content (AvgIpc) is 2.29. The Balaban J connectivity index is 2.31. The van der Waals surface area contributed by atoms with Crippen molar-refractivity contribution in [2.24, 2.45) is 0 Å². The summed E-state index contributed by atoms with van der Waals surface area (Å²) in [6.45, 7) is 1.03. The predicted molar refractivity (Wildman–Crippen MR) is 61.5 cm³/mol. The summed E-state index contributed by atoms with van der Waals surface area (Å²) in [6, 6.07) is 5.47. The van der Waals surface area contributed by atoms with Gasteiger partial charge in [0.05, 0.1) is 25.5 Å². The van der Waals surface area contributed by atoms with Crippen molar-refractivity contribution in [3.8, 4) is 0 Å². The van der Waals surface area contributed by atoms with Crippen LogP contribution in [0.2, 0.25) is 0 Å². The molecule has 0 N–H and O–H groups in total. The molecular weight excluding hydrogens is 245 g/mol. The molecule has 1 heterocycles. The van der Waals surface area contributed by atoms with E-state index in [2.05, 4.69) is 0 Å². The zero-order valence-electron chi connectivity index (χ0n) is 9.47. The van der Waals surface area contributed by atoms with Crippen LogP contribution in [-0.4, -0.2) is 38.7 Å². The van der Waals surface area contributed by atoms with Gasteiger partial charge >= 0.3 is 0 Å². The highest BCUT2D eigenvalue weighted by Crippen LogP contribution is 2.26. The van der Waals surface area contributed by atoms with Gasteiger partial charge in [0.25, 0.3) is 0 Å². The molecule has 0 amide bonds.